The summed E-state index contributed by atoms with van der Waals surface area (Å²) in [7, 11) is 0. The monoisotopic (exact) mass is 345 g/mol. The van der Waals surface area contributed by atoms with Gasteiger partial charge in [-0.15, -0.1) is 0 Å². The Labute approximate surface area is 135 Å². The lowest BCUT2D eigenvalue weighted by Gasteiger charge is -2.22. The van der Waals surface area contributed by atoms with Gasteiger partial charge in [0.15, 0.2) is 30.5 Å². The molecule has 0 bridgehead atoms. The van der Waals surface area contributed by atoms with E-state index in [9.17, 15) is 27.6 Å². The molecule has 7 nitrogen and oxygen atoms in total. The summed E-state index contributed by atoms with van der Waals surface area (Å²) in [5, 5.41) is 6.98. The van der Waals surface area contributed by atoms with E-state index >= 15 is 0 Å². The molecule has 0 aliphatic carbocycles. The number of nitrogens with one attached hydrogen (secondary N) is 4. The number of carbonyl (C=O) groups is 3. The Balaban J connectivity index is 1.79. The van der Waals surface area contributed by atoms with Gasteiger partial charge in [-0.05, 0) is 12.1 Å². The van der Waals surface area contributed by atoms with E-state index in [-0.39, 0.29) is 19.0 Å². The van der Waals surface area contributed by atoms with Crippen LogP contribution in [0, 0.1) is 17.5 Å². The number of benzene rings is 1. The van der Waals surface area contributed by atoms with E-state index in [0.29, 0.717) is 19.2 Å². The highest BCUT2D eigenvalue weighted by atomic mass is 19.2. The summed E-state index contributed by atoms with van der Waals surface area (Å²) >= 11 is 0. The van der Waals surface area contributed by atoms with Gasteiger partial charge in [0.1, 0.15) is 0 Å². The quantitative estimate of drug-likeness (QED) is 0.473. The zero-order valence-corrected chi connectivity index (χ0v) is 12.5. The molecule has 10 heteroatoms. The molecule has 1 fully saturated rings. The molecule has 1 heterocycles. The van der Waals surface area contributed by atoms with Gasteiger partial charge in [-0.2, -0.15) is 0 Å². The Kier molecular flexibility index (Phi) is 5.74. The van der Waals surface area contributed by atoms with Gasteiger partial charge in [0, 0.05) is 0 Å². The van der Waals surface area contributed by atoms with E-state index in [1.54, 1.807) is 0 Å². The van der Waals surface area contributed by atoms with Gasteiger partial charge in [0.2, 0.25) is 5.91 Å². The van der Waals surface area contributed by atoms with Crippen molar-refractivity contribution in [3.8, 4) is 0 Å². The fourth-order valence-corrected chi connectivity index (χ4v) is 2.19. The van der Waals surface area contributed by atoms with E-state index < -0.39 is 41.5 Å². The van der Waals surface area contributed by atoms with E-state index in [0.717, 1.165) is 11.0 Å². The van der Waals surface area contributed by atoms with Gasteiger partial charge in [0.05, 0.1) is 25.3 Å². The predicted octanol–water partition coefficient (Wildman–Crippen LogP) is -1.83. The molecule has 0 radical (unpaired) electrons. The highest BCUT2D eigenvalue weighted by Gasteiger charge is 2.22. The van der Waals surface area contributed by atoms with Crippen LogP contribution in [0.3, 0.4) is 0 Å². The fraction of sp³-hybridized carbons (Fsp3) is 0.357. The number of quaternary nitrogens is 1. The average Bonchev–Trinajstić information content (AvgIpc) is 2.53. The van der Waals surface area contributed by atoms with Crippen LogP contribution in [-0.2, 0) is 14.4 Å². The van der Waals surface area contributed by atoms with Crippen LogP contribution in [0.4, 0.5) is 18.9 Å². The van der Waals surface area contributed by atoms with Crippen LogP contribution in [0.25, 0.3) is 0 Å². The molecule has 0 aromatic heterocycles. The van der Waals surface area contributed by atoms with Crippen LogP contribution in [-0.4, -0.2) is 50.4 Å². The molecule has 1 unspecified atom stereocenters. The molecule has 1 aromatic carbocycles. The van der Waals surface area contributed by atoms with Crippen molar-refractivity contribution in [2.24, 2.45) is 0 Å². The lowest BCUT2D eigenvalue weighted by atomic mass is 10.2. The molecule has 24 heavy (non-hydrogen) atoms. The van der Waals surface area contributed by atoms with Crippen LogP contribution < -0.4 is 20.9 Å². The third-order valence-corrected chi connectivity index (χ3v) is 3.38. The van der Waals surface area contributed by atoms with Crippen LogP contribution in [0.1, 0.15) is 0 Å². The summed E-state index contributed by atoms with van der Waals surface area (Å²) in [6.45, 7) is 0.777. The van der Waals surface area contributed by atoms with Crippen molar-refractivity contribution in [2.45, 2.75) is 0 Å². The minimum atomic E-state index is -1.69. The number of piperazine rings is 1. The van der Waals surface area contributed by atoms with E-state index in [2.05, 4.69) is 10.6 Å². The second kappa shape index (κ2) is 7.77. The topological polar surface area (TPSA) is 91.7 Å². The van der Waals surface area contributed by atoms with Crippen molar-refractivity contribution in [3.05, 3.63) is 29.6 Å². The predicted molar refractivity (Wildman–Crippen MR) is 76.5 cm³/mol. The fourth-order valence-electron chi connectivity index (χ4n) is 2.19. The third kappa shape index (κ3) is 4.69. The zero-order valence-electron chi connectivity index (χ0n) is 12.5. The van der Waals surface area contributed by atoms with Crippen molar-refractivity contribution in [1.82, 2.24) is 10.6 Å². The molecular formula is C14H16F3N4O3+. The van der Waals surface area contributed by atoms with Crippen molar-refractivity contribution < 1.29 is 32.5 Å². The second-order valence-electron chi connectivity index (χ2n) is 5.25. The third-order valence-electron chi connectivity index (χ3n) is 3.38. The molecule has 130 valence electrons. The van der Waals surface area contributed by atoms with Crippen molar-refractivity contribution in [1.29, 1.82) is 0 Å². The lowest BCUT2D eigenvalue weighted by Crippen LogP contribution is -3.16. The first-order chi connectivity index (χ1) is 11.4. The lowest BCUT2D eigenvalue weighted by molar-refractivity contribution is -0.885. The normalized spacial score (nSPS) is 17.1. The summed E-state index contributed by atoms with van der Waals surface area (Å²) in [5.41, 5.74) is -0.522. The Morgan fingerprint density at radius 3 is 2.62 bits per heavy atom. The highest BCUT2D eigenvalue weighted by molar-refractivity contribution is 5.94. The molecular weight excluding hydrogens is 329 g/mol. The van der Waals surface area contributed by atoms with Gasteiger partial charge in [-0.25, -0.2) is 13.2 Å². The SMILES string of the molecule is O=C1C[NH+](CC(=O)NCC(=O)Nc2ccc(F)c(F)c2F)CCN1. The maximum atomic E-state index is 13.4. The Morgan fingerprint density at radius 1 is 1.17 bits per heavy atom. The van der Waals surface area contributed by atoms with E-state index in [1.165, 1.54) is 0 Å². The molecule has 0 spiro atoms. The average molecular weight is 345 g/mol. The Morgan fingerprint density at radius 2 is 1.92 bits per heavy atom. The minimum absolute atomic E-state index is 0.0141. The van der Waals surface area contributed by atoms with Gasteiger partial charge in [-0.1, -0.05) is 0 Å². The number of halogens is 3. The maximum Gasteiger partial charge on any atom is 0.275 e. The number of amides is 3. The van der Waals surface area contributed by atoms with Gasteiger partial charge >= 0.3 is 0 Å². The summed E-state index contributed by atoms with van der Waals surface area (Å²) < 4.78 is 39.2. The summed E-state index contributed by atoms with van der Waals surface area (Å²) in [5.74, 6) is -5.98. The van der Waals surface area contributed by atoms with Crippen molar-refractivity contribution >= 4 is 23.4 Å². The summed E-state index contributed by atoms with van der Waals surface area (Å²) in [6.07, 6.45) is 0. The van der Waals surface area contributed by atoms with Crippen molar-refractivity contribution in [3.63, 3.8) is 0 Å². The minimum Gasteiger partial charge on any atom is -0.346 e. The molecule has 3 amide bonds. The second-order valence-corrected chi connectivity index (χ2v) is 5.25. The van der Waals surface area contributed by atoms with Gasteiger partial charge in [0.25, 0.3) is 11.8 Å². The maximum absolute atomic E-state index is 13.4. The Bertz CT molecular complexity index is 669. The number of rotatable bonds is 5. The van der Waals surface area contributed by atoms with Crippen molar-refractivity contribution in [2.75, 3.05) is 38.0 Å². The first-order valence-corrected chi connectivity index (χ1v) is 7.17. The molecule has 4 N–H and O–H groups in total. The molecule has 0 saturated carbocycles. The van der Waals surface area contributed by atoms with Crippen LogP contribution in [0.15, 0.2) is 12.1 Å². The van der Waals surface area contributed by atoms with Crippen LogP contribution >= 0.6 is 0 Å². The van der Waals surface area contributed by atoms with E-state index in [4.69, 9.17) is 0 Å². The molecule has 1 aromatic rings. The highest BCUT2D eigenvalue weighted by Crippen LogP contribution is 2.19. The standard InChI is InChI=1S/C14H15F3N4O3/c15-8-1-2-9(14(17)13(8)16)20-10(22)5-19-12(24)7-21-4-3-18-11(23)6-21/h1-2H,3-7H2,(H,18,23)(H,19,24)(H,20,22)/p+1. The van der Waals surface area contributed by atoms with Gasteiger partial charge in [-0.3, -0.25) is 14.4 Å². The number of carbonyl (C=O) groups excluding carboxylic acids is 3. The molecule has 1 aliphatic heterocycles. The van der Waals surface area contributed by atoms with Crippen LogP contribution in [0.2, 0.25) is 0 Å². The zero-order chi connectivity index (χ0) is 17.7. The molecule has 1 aliphatic rings. The van der Waals surface area contributed by atoms with E-state index in [1.807, 2.05) is 5.32 Å². The molecule has 2 rings (SSSR count). The largest absolute Gasteiger partial charge is 0.346 e. The summed E-state index contributed by atoms with van der Waals surface area (Å²) in [6, 6.07) is 1.56. The molecule has 1 atom stereocenters. The Hall–Kier alpha value is -2.62. The first-order valence-electron chi connectivity index (χ1n) is 7.17. The van der Waals surface area contributed by atoms with Crippen LogP contribution in [0.5, 0.6) is 0 Å². The van der Waals surface area contributed by atoms with Gasteiger partial charge < -0.3 is 20.9 Å². The number of anilines is 1. The first kappa shape index (κ1) is 17.7. The molecule has 1 saturated heterocycles. The number of hydrogen-bond donors (Lipinski definition) is 4. The smallest absolute Gasteiger partial charge is 0.275 e. The summed E-state index contributed by atoms with van der Waals surface area (Å²) in [4.78, 5) is 35.3. The number of hydrogen-bond acceptors (Lipinski definition) is 3.